The van der Waals surface area contributed by atoms with Crippen LogP contribution in [0.1, 0.15) is 24.5 Å². The fraction of sp³-hybridized carbons (Fsp3) is 0.462. The molecule has 0 radical (unpaired) electrons. The summed E-state index contributed by atoms with van der Waals surface area (Å²) >= 11 is 0. The summed E-state index contributed by atoms with van der Waals surface area (Å²) in [7, 11) is -3.89. The Kier molecular flexibility index (Phi) is 5.25. The molecule has 0 spiro atoms. The largest absolute Gasteiger partial charge is 0.394 e. The maximum Gasteiger partial charge on any atom is 0.241 e. The SMILES string of the molecule is CCC(CO)(CO)NS(=O)(=O)c1ccc(C#N)cc1C. The molecule has 0 fully saturated rings. The summed E-state index contributed by atoms with van der Waals surface area (Å²) in [5.74, 6) is 0. The molecule has 0 saturated heterocycles. The molecular formula is C13H18N2O4S. The van der Waals surface area contributed by atoms with Gasteiger partial charge in [-0.3, -0.25) is 0 Å². The second-order valence-electron chi connectivity index (χ2n) is 4.65. The Morgan fingerprint density at radius 2 is 1.95 bits per heavy atom. The number of nitriles is 1. The van der Waals surface area contributed by atoms with Crippen LogP contribution in [0.5, 0.6) is 0 Å². The molecular weight excluding hydrogens is 280 g/mol. The van der Waals surface area contributed by atoms with Crippen LogP contribution in [0, 0.1) is 18.3 Å². The van der Waals surface area contributed by atoms with Crippen molar-refractivity contribution >= 4 is 10.0 Å². The lowest BCUT2D eigenvalue weighted by atomic mass is 10.0. The minimum Gasteiger partial charge on any atom is -0.394 e. The van der Waals surface area contributed by atoms with E-state index in [1.807, 2.05) is 6.07 Å². The van der Waals surface area contributed by atoms with Gasteiger partial charge in [0, 0.05) is 0 Å². The lowest BCUT2D eigenvalue weighted by molar-refractivity contribution is 0.105. The van der Waals surface area contributed by atoms with Crippen molar-refractivity contribution in [3.8, 4) is 6.07 Å². The number of nitrogens with one attached hydrogen (secondary N) is 1. The molecule has 1 rings (SSSR count). The van der Waals surface area contributed by atoms with Gasteiger partial charge < -0.3 is 10.2 Å². The van der Waals surface area contributed by atoms with E-state index in [2.05, 4.69) is 4.72 Å². The summed E-state index contributed by atoms with van der Waals surface area (Å²) in [6.45, 7) is 2.24. The molecule has 20 heavy (non-hydrogen) atoms. The first-order valence-corrected chi connectivity index (χ1v) is 7.59. The van der Waals surface area contributed by atoms with Crippen LogP contribution in [0.4, 0.5) is 0 Å². The highest BCUT2D eigenvalue weighted by molar-refractivity contribution is 7.89. The average Bonchev–Trinajstić information content (AvgIpc) is 2.44. The van der Waals surface area contributed by atoms with Gasteiger partial charge in [0.05, 0.1) is 35.3 Å². The van der Waals surface area contributed by atoms with Gasteiger partial charge >= 0.3 is 0 Å². The number of hydrogen-bond acceptors (Lipinski definition) is 5. The minimum absolute atomic E-state index is 0.0243. The zero-order valence-corrected chi connectivity index (χ0v) is 12.2. The topological polar surface area (TPSA) is 110 Å². The second-order valence-corrected chi connectivity index (χ2v) is 6.30. The van der Waals surface area contributed by atoms with Crippen molar-refractivity contribution in [2.45, 2.75) is 30.7 Å². The van der Waals surface area contributed by atoms with Gasteiger partial charge in [-0.1, -0.05) is 6.92 Å². The summed E-state index contributed by atoms with van der Waals surface area (Å²) in [4.78, 5) is 0.0243. The number of hydrogen-bond donors (Lipinski definition) is 3. The zero-order chi connectivity index (χ0) is 15.4. The molecule has 0 atom stereocenters. The van der Waals surface area contributed by atoms with Gasteiger partial charge in [-0.05, 0) is 37.1 Å². The fourth-order valence-electron chi connectivity index (χ4n) is 1.77. The second kappa shape index (κ2) is 6.33. The van der Waals surface area contributed by atoms with E-state index in [9.17, 15) is 18.6 Å². The van der Waals surface area contributed by atoms with Gasteiger partial charge in [0.2, 0.25) is 10.0 Å². The number of benzene rings is 1. The highest BCUT2D eigenvalue weighted by atomic mass is 32.2. The Bertz CT molecular complexity index is 607. The van der Waals surface area contributed by atoms with Crippen molar-refractivity contribution in [3.63, 3.8) is 0 Å². The smallest absolute Gasteiger partial charge is 0.241 e. The standard InChI is InChI=1S/C13H18N2O4S/c1-3-13(8-16,9-17)15-20(18,19)12-5-4-11(7-14)6-10(12)2/h4-6,15-17H,3,8-9H2,1-2H3. The molecule has 0 aromatic heterocycles. The summed E-state index contributed by atoms with van der Waals surface area (Å²) in [6.07, 6.45) is 0.245. The van der Waals surface area contributed by atoms with Crippen LogP contribution in [-0.4, -0.2) is 37.4 Å². The predicted molar refractivity (Wildman–Crippen MR) is 73.4 cm³/mol. The quantitative estimate of drug-likeness (QED) is 0.698. The van der Waals surface area contributed by atoms with Crippen molar-refractivity contribution < 1.29 is 18.6 Å². The molecule has 3 N–H and O–H groups in total. The van der Waals surface area contributed by atoms with Gasteiger partial charge in [-0.15, -0.1) is 0 Å². The van der Waals surface area contributed by atoms with E-state index in [0.717, 1.165) is 0 Å². The maximum atomic E-state index is 12.3. The molecule has 7 heteroatoms. The van der Waals surface area contributed by atoms with Crippen LogP contribution in [0.2, 0.25) is 0 Å². The first-order valence-electron chi connectivity index (χ1n) is 6.10. The van der Waals surface area contributed by atoms with Crippen molar-refractivity contribution in [2.75, 3.05) is 13.2 Å². The molecule has 0 saturated carbocycles. The third-order valence-electron chi connectivity index (χ3n) is 3.23. The Morgan fingerprint density at radius 1 is 1.35 bits per heavy atom. The summed E-state index contributed by atoms with van der Waals surface area (Å²) in [5, 5.41) is 27.4. The highest BCUT2D eigenvalue weighted by Crippen LogP contribution is 2.20. The van der Waals surface area contributed by atoms with Gasteiger partial charge in [-0.25, -0.2) is 13.1 Å². The third-order valence-corrected chi connectivity index (χ3v) is 4.97. The Balaban J connectivity index is 3.21. The Morgan fingerprint density at radius 3 is 2.35 bits per heavy atom. The van der Waals surface area contributed by atoms with Crippen molar-refractivity contribution in [1.29, 1.82) is 5.26 Å². The molecule has 0 aliphatic rings. The van der Waals surface area contributed by atoms with Crippen LogP contribution < -0.4 is 4.72 Å². The summed E-state index contributed by atoms with van der Waals surface area (Å²) in [6, 6.07) is 6.15. The van der Waals surface area contributed by atoms with E-state index in [1.165, 1.54) is 18.2 Å². The number of aliphatic hydroxyl groups is 2. The minimum atomic E-state index is -3.89. The molecule has 110 valence electrons. The van der Waals surface area contributed by atoms with Crippen LogP contribution >= 0.6 is 0 Å². The van der Waals surface area contributed by atoms with Crippen LogP contribution in [0.25, 0.3) is 0 Å². The predicted octanol–water partition coefficient (Wildman–Crippen LogP) is 0.278. The van der Waals surface area contributed by atoms with E-state index in [4.69, 9.17) is 5.26 Å². The molecule has 6 nitrogen and oxygen atoms in total. The lowest BCUT2D eigenvalue weighted by Crippen LogP contribution is -2.53. The fourth-order valence-corrected chi connectivity index (χ4v) is 3.45. The van der Waals surface area contributed by atoms with E-state index in [-0.39, 0.29) is 11.3 Å². The van der Waals surface area contributed by atoms with Gasteiger partial charge in [0.1, 0.15) is 0 Å². The first kappa shape index (κ1) is 16.6. The molecule has 0 heterocycles. The number of sulfonamides is 1. The van der Waals surface area contributed by atoms with E-state index >= 15 is 0 Å². The van der Waals surface area contributed by atoms with Crippen molar-refractivity contribution in [1.82, 2.24) is 4.72 Å². The number of aryl methyl sites for hydroxylation is 1. The van der Waals surface area contributed by atoms with Crippen LogP contribution in [0.3, 0.4) is 0 Å². The molecule has 0 unspecified atom stereocenters. The average molecular weight is 298 g/mol. The molecule has 1 aromatic rings. The van der Waals surface area contributed by atoms with Gasteiger partial charge in [0.25, 0.3) is 0 Å². The zero-order valence-electron chi connectivity index (χ0n) is 11.4. The molecule has 0 bridgehead atoms. The van der Waals surface area contributed by atoms with Crippen molar-refractivity contribution in [2.24, 2.45) is 0 Å². The number of rotatable bonds is 6. The molecule has 0 aliphatic heterocycles. The molecule has 1 aromatic carbocycles. The van der Waals surface area contributed by atoms with Crippen LogP contribution in [0.15, 0.2) is 23.1 Å². The number of aliphatic hydroxyl groups excluding tert-OH is 2. The molecule has 0 aliphatic carbocycles. The lowest BCUT2D eigenvalue weighted by Gasteiger charge is -2.29. The summed E-state index contributed by atoms with van der Waals surface area (Å²) in [5.41, 5.74) is -0.496. The van der Waals surface area contributed by atoms with Crippen LogP contribution in [-0.2, 0) is 10.0 Å². The molecule has 0 amide bonds. The monoisotopic (exact) mass is 298 g/mol. The third kappa shape index (κ3) is 3.35. The van der Waals surface area contributed by atoms with E-state index in [1.54, 1.807) is 13.8 Å². The maximum absolute atomic E-state index is 12.3. The highest BCUT2D eigenvalue weighted by Gasteiger charge is 2.33. The Labute approximate surface area is 118 Å². The van der Waals surface area contributed by atoms with E-state index < -0.39 is 28.8 Å². The van der Waals surface area contributed by atoms with E-state index in [0.29, 0.717) is 11.1 Å². The first-order chi connectivity index (χ1) is 9.34. The normalized spacial score (nSPS) is 12.2. The number of nitrogens with zero attached hydrogens (tertiary/aromatic N) is 1. The Hall–Kier alpha value is -1.46. The summed E-state index contributed by atoms with van der Waals surface area (Å²) < 4.78 is 27.0. The van der Waals surface area contributed by atoms with Gasteiger partial charge in [-0.2, -0.15) is 5.26 Å². The van der Waals surface area contributed by atoms with Gasteiger partial charge in [0.15, 0.2) is 0 Å². The van der Waals surface area contributed by atoms with Crippen molar-refractivity contribution in [3.05, 3.63) is 29.3 Å².